The molecule has 0 aliphatic carbocycles. The number of non-ortho nitro benzene ring substituents is 1. The van der Waals surface area contributed by atoms with Crippen LogP contribution in [0.2, 0.25) is 0 Å². The lowest BCUT2D eigenvalue weighted by molar-refractivity contribution is -0.384. The van der Waals surface area contributed by atoms with E-state index in [-0.39, 0.29) is 39.9 Å². The average molecular weight is 442 g/mol. The van der Waals surface area contributed by atoms with Crippen LogP contribution in [-0.4, -0.2) is 44.6 Å². The predicted octanol–water partition coefficient (Wildman–Crippen LogP) is 2.79. The average Bonchev–Trinajstić information content (AvgIpc) is 3.26. The Labute approximate surface area is 181 Å². The molecular weight excluding hydrogens is 422 g/mol. The van der Waals surface area contributed by atoms with E-state index >= 15 is 0 Å². The van der Waals surface area contributed by atoms with Crippen LogP contribution in [0.1, 0.15) is 11.6 Å². The number of aliphatic imine (C=N–C) groups is 1. The third-order valence-electron chi connectivity index (χ3n) is 5.50. The lowest BCUT2D eigenvalue weighted by atomic mass is 9.97. The van der Waals surface area contributed by atoms with Gasteiger partial charge in [-0.25, -0.2) is 5.43 Å². The third-order valence-corrected chi connectivity index (χ3v) is 8.07. The molecule has 10 heteroatoms. The molecule has 0 radical (unpaired) electrons. The van der Waals surface area contributed by atoms with Gasteiger partial charge in [-0.05, 0) is 17.7 Å². The highest BCUT2D eigenvalue weighted by molar-refractivity contribution is 8.14. The van der Waals surface area contributed by atoms with Gasteiger partial charge in [-0.3, -0.25) is 20.3 Å². The summed E-state index contributed by atoms with van der Waals surface area (Å²) >= 11 is 3.30. The summed E-state index contributed by atoms with van der Waals surface area (Å²) in [5.74, 6) is 0.488. The molecule has 3 heterocycles. The van der Waals surface area contributed by atoms with Crippen LogP contribution in [0.3, 0.4) is 0 Å². The van der Waals surface area contributed by atoms with E-state index in [2.05, 4.69) is 32.9 Å². The maximum Gasteiger partial charge on any atom is 0.269 e. The number of nitro groups is 1. The first-order chi connectivity index (χ1) is 14.6. The van der Waals surface area contributed by atoms with E-state index in [0.29, 0.717) is 6.54 Å². The number of amides is 1. The van der Waals surface area contributed by atoms with E-state index in [9.17, 15) is 14.9 Å². The van der Waals surface area contributed by atoms with Crippen LogP contribution in [0.5, 0.6) is 0 Å². The number of benzene rings is 2. The zero-order valence-electron chi connectivity index (χ0n) is 15.8. The second-order valence-electron chi connectivity index (χ2n) is 7.29. The number of thioether (sulfide) groups is 2. The van der Waals surface area contributed by atoms with Gasteiger partial charge >= 0.3 is 0 Å². The first kappa shape index (κ1) is 19.6. The van der Waals surface area contributed by atoms with Crippen molar-refractivity contribution in [2.45, 2.75) is 22.4 Å². The van der Waals surface area contributed by atoms with Gasteiger partial charge < -0.3 is 4.90 Å². The van der Waals surface area contributed by atoms with Crippen LogP contribution in [-0.2, 0) is 4.79 Å². The van der Waals surface area contributed by atoms with Crippen LogP contribution < -0.4 is 10.9 Å². The van der Waals surface area contributed by atoms with Crippen LogP contribution in [0.15, 0.2) is 64.5 Å². The molecule has 0 aromatic heterocycles. The van der Waals surface area contributed by atoms with Crippen molar-refractivity contribution in [2.24, 2.45) is 10.9 Å². The number of nitrogens with one attached hydrogen (secondary N) is 2. The van der Waals surface area contributed by atoms with Crippen LogP contribution in [0.4, 0.5) is 5.69 Å². The molecule has 8 nitrogen and oxygen atoms in total. The van der Waals surface area contributed by atoms with E-state index in [1.807, 2.05) is 18.2 Å². The topological polar surface area (TPSA) is 99.9 Å². The van der Waals surface area contributed by atoms with Crippen molar-refractivity contribution in [1.82, 2.24) is 15.8 Å². The Morgan fingerprint density at radius 1 is 1.17 bits per heavy atom. The molecule has 2 aromatic carbocycles. The summed E-state index contributed by atoms with van der Waals surface area (Å²) in [6.07, 6.45) is -0.150. The van der Waals surface area contributed by atoms with Gasteiger partial charge in [0.1, 0.15) is 6.17 Å². The normalized spacial score (nSPS) is 27.9. The Hall–Kier alpha value is -2.40. The molecule has 3 aliphatic rings. The van der Waals surface area contributed by atoms with E-state index in [0.717, 1.165) is 21.4 Å². The number of hydrogen-bond donors (Lipinski definition) is 2. The highest BCUT2D eigenvalue weighted by atomic mass is 32.2. The molecule has 4 unspecified atom stereocenters. The van der Waals surface area contributed by atoms with Crippen molar-refractivity contribution in [3.8, 4) is 0 Å². The molecule has 30 heavy (non-hydrogen) atoms. The third kappa shape index (κ3) is 3.49. The van der Waals surface area contributed by atoms with Crippen LogP contribution in [0.25, 0.3) is 0 Å². The van der Waals surface area contributed by atoms with Gasteiger partial charge in [-0.1, -0.05) is 42.1 Å². The molecular formula is C20H19N5O3S2. The van der Waals surface area contributed by atoms with Crippen molar-refractivity contribution < 1.29 is 9.72 Å². The SMILES string of the molecule is O=C1N=C2SCC(Sc3ccc([N+](=O)[O-])cc3)C(c3ccccc3)N2C2NNCC12. The predicted molar refractivity (Wildman–Crippen MR) is 117 cm³/mol. The zero-order valence-corrected chi connectivity index (χ0v) is 17.4. The number of carbonyl (C=O) groups excluding carboxylic acids is 1. The summed E-state index contributed by atoms with van der Waals surface area (Å²) < 4.78 is 0. The number of hydrazine groups is 1. The summed E-state index contributed by atoms with van der Waals surface area (Å²) in [6, 6.07) is 17.0. The molecule has 5 rings (SSSR count). The maximum atomic E-state index is 12.5. The lowest BCUT2D eigenvalue weighted by Gasteiger charge is -2.48. The number of carbonyl (C=O) groups is 1. The lowest BCUT2D eigenvalue weighted by Crippen LogP contribution is -2.58. The van der Waals surface area contributed by atoms with Gasteiger partial charge in [0.05, 0.1) is 16.9 Å². The van der Waals surface area contributed by atoms with Crippen molar-refractivity contribution >= 4 is 40.3 Å². The summed E-state index contributed by atoms with van der Waals surface area (Å²) in [5.41, 5.74) is 7.63. The number of nitro benzene ring substituents is 1. The molecule has 0 bridgehead atoms. The standard InChI is InChI=1S/C20H19N5O3S2/c26-19-15-10-21-23-18(15)24-17(12-4-2-1-3-5-12)16(11-29-20(24)22-19)30-14-8-6-13(7-9-14)25(27)28/h1-9,15-18,21,23H,10-11H2. The first-order valence-corrected chi connectivity index (χ1v) is 11.5. The Kier molecular flexibility index (Phi) is 5.23. The largest absolute Gasteiger partial charge is 0.325 e. The molecule has 2 aromatic rings. The second-order valence-corrected chi connectivity index (χ2v) is 9.59. The van der Waals surface area contributed by atoms with Crippen LogP contribution >= 0.6 is 23.5 Å². The molecule has 2 N–H and O–H groups in total. The Morgan fingerprint density at radius 3 is 2.67 bits per heavy atom. The van der Waals surface area contributed by atoms with Crippen molar-refractivity contribution in [1.29, 1.82) is 0 Å². The number of hydrogen-bond acceptors (Lipinski definition) is 8. The monoisotopic (exact) mass is 441 g/mol. The highest BCUT2D eigenvalue weighted by Crippen LogP contribution is 2.46. The summed E-state index contributed by atoms with van der Waals surface area (Å²) in [4.78, 5) is 30.7. The van der Waals surface area contributed by atoms with Gasteiger partial charge in [-0.2, -0.15) is 4.99 Å². The number of rotatable bonds is 4. The minimum absolute atomic E-state index is 0.0133. The first-order valence-electron chi connectivity index (χ1n) is 9.60. The van der Waals surface area contributed by atoms with Crippen molar-refractivity contribution in [3.05, 3.63) is 70.3 Å². The quantitative estimate of drug-likeness (QED) is 0.552. The zero-order chi connectivity index (χ0) is 20.7. The maximum absolute atomic E-state index is 12.5. The number of nitrogens with zero attached hydrogens (tertiary/aromatic N) is 3. The molecule has 3 aliphatic heterocycles. The molecule has 4 atom stereocenters. The minimum atomic E-state index is -0.385. The van der Waals surface area contributed by atoms with Crippen LogP contribution in [0, 0.1) is 16.0 Å². The van der Waals surface area contributed by atoms with E-state index in [1.165, 1.54) is 0 Å². The van der Waals surface area contributed by atoms with Gasteiger partial charge in [-0.15, -0.1) is 11.8 Å². The fraction of sp³-hybridized carbons (Fsp3) is 0.300. The molecule has 154 valence electrons. The van der Waals surface area contributed by atoms with E-state index in [1.54, 1.807) is 47.8 Å². The van der Waals surface area contributed by atoms with Gasteiger partial charge in [0.2, 0.25) is 0 Å². The second kappa shape index (κ2) is 8.03. The fourth-order valence-electron chi connectivity index (χ4n) is 4.10. The molecule has 2 fully saturated rings. The number of amidine groups is 1. The summed E-state index contributed by atoms with van der Waals surface area (Å²) in [7, 11) is 0. The molecule has 2 saturated heterocycles. The smallest absolute Gasteiger partial charge is 0.269 e. The number of fused-ring (bicyclic) bond motifs is 3. The summed E-state index contributed by atoms with van der Waals surface area (Å²) in [5, 5.41) is 11.9. The highest BCUT2D eigenvalue weighted by Gasteiger charge is 2.49. The molecule has 0 saturated carbocycles. The van der Waals surface area contributed by atoms with Gasteiger partial charge in [0, 0.05) is 34.6 Å². The fourth-order valence-corrected chi connectivity index (χ4v) is 6.66. The Balaban J connectivity index is 1.50. The Morgan fingerprint density at radius 2 is 1.93 bits per heavy atom. The van der Waals surface area contributed by atoms with Gasteiger partial charge in [0.15, 0.2) is 5.17 Å². The van der Waals surface area contributed by atoms with E-state index in [4.69, 9.17) is 0 Å². The minimum Gasteiger partial charge on any atom is -0.325 e. The van der Waals surface area contributed by atoms with E-state index < -0.39 is 0 Å². The molecule has 0 spiro atoms. The molecule has 1 amide bonds. The summed E-state index contributed by atoms with van der Waals surface area (Å²) in [6.45, 7) is 0.559. The Bertz CT molecular complexity index is 1000. The van der Waals surface area contributed by atoms with Crippen molar-refractivity contribution in [3.63, 3.8) is 0 Å². The van der Waals surface area contributed by atoms with Gasteiger partial charge in [0.25, 0.3) is 11.6 Å². The van der Waals surface area contributed by atoms with Crippen molar-refractivity contribution in [2.75, 3.05) is 12.3 Å².